The number of hydrogen-bond donors (Lipinski definition) is 2. The third-order valence-corrected chi connectivity index (χ3v) is 2.59. The Labute approximate surface area is 103 Å². The van der Waals surface area contributed by atoms with Crippen molar-refractivity contribution < 1.29 is 23.0 Å². The highest BCUT2D eigenvalue weighted by Crippen LogP contribution is 2.28. The molecule has 4 nitrogen and oxygen atoms in total. The first-order chi connectivity index (χ1) is 7.37. The van der Waals surface area contributed by atoms with Gasteiger partial charge in [-0.1, -0.05) is 0 Å². The Kier molecular flexibility index (Phi) is 4.33. The molecule has 90 valence electrons. The number of rotatable bonds is 3. The molecule has 0 bridgehead atoms. The highest BCUT2D eigenvalue weighted by Gasteiger charge is 2.32. The summed E-state index contributed by atoms with van der Waals surface area (Å²) in [5.41, 5.74) is 5.48. The second-order valence-electron chi connectivity index (χ2n) is 2.77. The van der Waals surface area contributed by atoms with Crippen LogP contribution < -0.4 is 10.5 Å². The molecular weight excluding hydrogens is 340 g/mol. The number of ether oxygens (including phenoxy) is 1. The van der Waals surface area contributed by atoms with Crippen LogP contribution >= 0.6 is 22.6 Å². The molecule has 0 saturated heterocycles. The number of aromatic nitrogens is 1. The third-order valence-electron chi connectivity index (χ3n) is 1.66. The summed E-state index contributed by atoms with van der Waals surface area (Å²) in [6, 6.07) is 1.15. The van der Waals surface area contributed by atoms with E-state index in [1.165, 1.54) is 0 Å². The molecule has 0 unspecified atom stereocenters. The van der Waals surface area contributed by atoms with E-state index >= 15 is 0 Å². The second-order valence-corrected chi connectivity index (χ2v) is 3.93. The van der Waals surface area contributed by atoms with Crippen LogP contribution in [0, 0.1) is 3.57 Å². The van der Waals surface area contributed by atoms with E-state index < -0.39 is 12.1 Å². The van der Waals surface area contributed by atoms with Crippen LogP contribution in [0.3, 0.4) is 0 Å². The first-order valence-corrected chi connectivity index (χ1v) is 5.20. The molecule has 0 fully saturated rings. The number of aliphatic hydroxyl groups excluding tert-OH is 1. The molecule has 1 aromatic heterocycles. The molecule has 0 aromatic carbocycles. The zero-order valence-corrected chi connectivity index (χ0v) is 10.0. The van der Waals surface area contributed by atoms with E-state index in [9.17, 15) is 13.2 Å². The molecule has 0 aliphatic heterocycles. The lowest BCUT2D eigenvalue weighted by molar-refractivity contribution is -0.275. The van der Waals surface area contributed by atoms with Gasteiger partial charge in [-0.3, -0.25) is 0 Å². The summed E-state index contributed by atoms with van der Waals surface area (Å²) >= 11 is 1.76. The highest BCUT2D eigenvalue weighted by molar-refractivity contribution is 14.1. The summed E-state index contributed by atoms with van der Waals surface area (Å²) in [5.74, 6) is -0.434. The Morgan fingerprint density at radius 3 is 2.50 bits per heavy atom. The van der Waals surface area contributed by atoms with Gasteiger partial charge in [-0.25, -0.2) is 4.98 Å². The predicted molar refractivity (Wildman–Crippen MR) is 57.5 cm³/mol. The SMILES string of the molecule is NCc1nc(CO)c(I)cc1OC(F)(F)F. The predicted octanol–water partition coefficient (Wildman–Crippen LogP) is 1.54. The number of halogens is 4. The van der Waals surface area contributed by atoms with Crippen LogP contribution in [-0.2, 0) is 13.2 Å². The van der Waals surface area contributed by atoms with E-state index in [4.69, 9.17) is 10.8 Å². The largest absolute Gasteiger partial charge is 0.573 e. The number of nitrogens with two attached hydrogens (primary N) is 1. The monoisotopic (exact) mass is 348 g/mol. The van der Waals surface area contributed by atoms with Crippen molar-refractivity contribution in [1.29, 1.82) is 0 Å². The van der Waals surface area contributed by atoms with Gasteiger partial charge in [-0.05, 0) is 28.7 Å². The van der Waals surface area contributed by atoms with Crippen LogP contribution in [0.1, 0.15) is 11.4 Å². The van der Waals surface area contributed by atoms with E-state index in [1.54, 1.807) is 22.6 Å². The summed E-state index contributed by atoms with van der Waals surface area (Å²) in [7, 11) is 0. The molecule has 16 heavy (non-hydrogen) atoms. The first kappa shape index (κ1) is 13.5. The third kappa shape index (κ3) is 3.46. The topological polar surface area (TPSA) is 68.4 Å². The Morgan fingerprint density at radius 2 is 2.06 bits per heavy atom. The number of aliphatic hydroxyl groups is 1. The molecule has 1 rings (SSSR count). The van der Waals surface area contributed by atoms with Crippen molar-refractivity contribution in [3.05, 3.63) is 21.0 Å². The molecule has 1 aromatic rings. The normalized spacial score (nSPS) is 11.6. The lowest BCUT2D eigenvalue weighted by atomic mass is 10.3. The van der Waals surface area contributed by atoms with E-state index in [2.05, 4.69) is 9.72 Å². The van der Waals surface area contributed by atoms with Crippen molar-refractivity contribution in [2.75, 3.05) is 0 Å². The molecule has 0 radical (unpaired) electrons. The van der Waals surface area contributed by atoms with Crippen LogP contribution in [0.15, 0.2) is 6.07 Å². The molecule has 0 saturated carbocycles. The van der Waals surface area contributed by atoms with Crippen molar-refractivity contribution in [2.24, 2.45) is 5.73 Å². The molecule has 3 N–H and O–H groups in total. The smallest absolute Gasteiger partial charge is 0.404 e. The van der Waals surface area contributed by atoms with Crippen LogP contribution in [0.2, 0.25) is 0 Å². The molecule has 8 heteroatoms. The lowest BCUT2D eigenvalue weighted by Crippen LogP contribution is -2.20. The van der Waals surface area contributed by atoms with Gasteiger partial charge in [0.15, 0.2) is 5.75 Å². The maximum atomic E-state index is 12.0. The number of alkyl halides is 3. The molecule has 0 amide bonds. The summed E-state index contributed by atoms with van der Waals surface area (Å²) in [4.78, 5) is 3.79. The minimum atomic E-state index is -4.78. The lowest BCUT2D eigenvalue weighted by Gasteiger charge is -2.13. The van der Waals surface area contributed by atoms with E-state index in [0.717, 1.165) is 6.07 Å². The molecule has 1 heterocycles. The van der Waals surface area contributed by atoms with Crippen LogP contribution in [0.25, 0.3) is 0 Å². The van der Waals surface area contributed by atoms with Crippen molar-refractivity contribution >= 4 is 22.6 Å². The fraction of sp³-hybridized carbons (Fsp3) is 0.375. The quantitative estimate of drug-likeness (QED) is 0.814. The molecule has 0 aliphatic carbocycles. The van der Waals surface area contributed by atoms with Gasteiger partial charge >= 0.3 is 6.36 Å². The number of hydrogen-bond acceptors (Lipinski definition) is 4. The highest BCUT2D eigenvalue weighted by atomic mass is 127. The fourth-order valence-electron chi connectivity index (χ4n) is 1.02. The summed E-state index contributed by atoms with van der Waals surface area (Å²) < 4.78 is 40.2. The Balaban J connectivity index is 3.13. The molecule has 0 atom stereocenters. The summed E-state index contributed by atoms with van der Waals surface area (Å²) in [5, 5.41) is 8.89. The maximum Gasteiger partial charge on any atom is 0.573 e. The molecular formula is C8H8F3IN2O2. The van der Waals surface area contributed by atoms with Crippen molar-refractivity contribution in [3.8, 4) is 5.75 Å². The van der Waals surface area contributed by atoms with Crippen molar-refractivity contribution in [3.63, 3.8) is 0 Å². The number of pyridine rings is 1. The van der Waals surface area contributed by atoms with Gasteiger partial charge < -0.3 is 15.6 Å². The number of nitrogens with zero attached hydrogens (tertiary/aromatic N) is 1. The van der Waals surface area contributed by atoms with Crippen LogP contribution in [-0.4, -0.2) is 16.5 Å². The van der Waals surface area contributed by atoms with Gasteiger partial charge in [0, 0.05) is 10.1 Å². The van der Waals surface area contributed by atoms with Gasteiger partial charge in [0.2, 0.25) is 0 Å². The Hall–Kier alpha value is -0.610. The Bertz CT molecular complexity index is 384. The van der Waals surface area contributed by atoms with Gasteiger partial charge in [0.1, 0.15) is 0 Å². The van der Waals surface area contributed by atoms with Crippen molar-refractivity contribution in [2.45, 2.75) is 19.5 Å². The zero-order chi connectivity index (χ0) is 12.3. The zero-order valence-electron chi connectivity index (χ0n) is 7.88. The summed E-state index contributed by atoms with van der Waals surface area (Å²) in [6.07, 6.45) is -4.78. The van der Waals surface area contributed by atoms with Crippen LogP contribution in [0.5, 0.6) is 5.75 Å². The average Bonchev–Trinajstić information content (AvgIpc) is 2.16. The van der Waals surface area contributed by atoms with E-state index in [0.29, 0.717) is 3.57 Å². The average molecular weight is 348 g/mol. The van der Waals surface area contributed by atoms with Crippen LogP contribution in [0.4, 0.5) is 13.2 Å². The first-order valence-electron chi connectivity index (χ1n) is 4.12. The minimum Gasteiger partial charge on any atom is -0.404 e. The van der Waals surface area contributed by atoms with Gasteiger partial charge in [0.25, 0.3) is 0 Å². The summed E-state index contributed by atoms with van der Waals surface area (Å²) in [6.45, 7) is -0.563. The van der Waals surface area contributed by atoms with Gasteiger partial charge in [0.05, 0.1) is 18.0 Å². The van der Waals surface area contributed by atoms with Gasteiger partial charge in [-0.2, -0.15) is 0 Å². The fourth-order valence-corrected chi connectivity index (χ4v) is 1.60. The molecule has 0 spiro atoms. The van der Waals surface area contributed by atoms with Gasteiger partial charge in [-0.15, -0.1) is 13.2 Å². The second kappa shape index (κ2) is 5.15. The van der Waals surface area contributed by atoms with E-state index in [1.807, 2.05) is 0 Å². The maximum absolute atomic E-state index is 12.0. The minimum absolute atomic E-state index is 0.0400. The van der Waals surface area contributed by atoms with Crippen molar-refractivity contribution in [1.82, 2.24) is 4.98 Å². The van der Waals surface area contributed by atoms with E-state index in [-0.39, 0.29) is 24.5 Å². The standard InChI is InChI=1S/C8H8F3IN2O2/c9-8(10,11)16-7-1-4(12)6(3-15)14-5(7)2-13/h1,15H,2-3,13H2. The molecule has 0 aliphatic rings. The Morgan fingerprint density at radius 1 is 1.44 bits per heavy atom.